The molecule has 0 saturated heterocycles. The number of benzene rings is 1. The minimum atomic E-state index is 0.843. The number of nitrogens with zero attached hydrogens (tertiary/aromatic N) is 2. The standard InChI is InChI=1S/C10H8N2S/c1-11-9-7-5-3-4-6-8(7)13-10(9)12-2/h3-6H,1-2H2. The highest BCUT2D eigenvalue weighted by Gasteiger charge is 2.07. The van der Waals surface area contributed by atoms with Gasteiger partial charge in [0, 0.05) is 10.1 Å². The van der Waals surface area contributed by atoms with Gasteiger partial charge in [0.1, 0.15) is 10.7 Å². The highest BCUT2D eigenvalue weighted by Crippen LogP contribution is 2.43. The summed E-state index contributed by atoms with van der Waals surface area (Å²) in [6.07, 6.45) is 0. The van der Waals surface area contributed by atoms with Crippen LogP contribution in [0.1, 0.15) is 0 Å². The Morgan fingerprint density at radius 1 is 1.08 bits per heavy atom. The second-order valence-corrected chi connectivity index (χ2v) is 3.60. The zero-order valence-electron chi connectivity index (χ0n) is 7.03. The molecule has 0 aliphatic rings. The van der Waals surface area contributed by atoms with Crippen LogP contribution in [0.4, 0.5) is 10.7 Å². The van der Waals surface area contributed by atoms with E-state index in [1.807, 2.05) is 24.3 Å². The SMILES string of the molecule is C=Nc1sc2ccccc2c1N=C. The minimum absolute atomic E-state index is 0.843. The summed E-state index contributed by atoms with van der Waals surface area (Å²) in [5.74, 6) is 0. The van der Waals surface area contributed by atoms with Crippen LogP contribution in [-0.4, -0.2) is 13.4 Å². The van der Waals surface area contributed by atoms with E-state index in [1.165, 1.54) is 4.70 Å². The molecule has 13 heavy (non-hydrogen) atoms. The largest absolute Gasteiger partial charge is 0.261 e. The maximum absolute atomic E-state index is 3.96. The van der Waals surface area contributed by atoms with Gasteiger partial charge < -0.3 is 0 Å². The van der Waals surface area contributed by atoms with Gasteiger partial charge in [0.2, 0.25) is 0 Å². The summed E-state index contributed by atoms with van der Waals surface area (Å²) in [7, 11) is 0. The van der Waals surface area contributed by atoms with Crippen LogP contribution in [0.2, 0.25) is 0 Å². The molecule has 2 aromatic rings. The quantitative estimate of drug-likeness (QED) is 0.644. The lowest BCUT2D eigenvalue weighted by atomic mass is 10.2. The molecule has 0 amide bonds. The smallest absolute Gasteiger partial charge is 0.142 e. The van der Waals surface area contributed by atoms with Crippen molar-refractivity contribution in [3.05, 3.63) is 24.3 Å². The third-order valence-electron chi connectivity index (χ3n) is 1.85. The van der Waals surface area contributed by atoms with Crippen molar-refractivity contribution in [2.75, 3.05) is 0 Å². The van der Waals surface area contributed by atoms with Crippen LogP contribution >= 0.6 is 11.3 Å². The van der Waals surface area contributed by atoms with E-state index in [-0.39, 0.29) is 0 Å². The molecule has 0 unspecified atom stereocenters. The van der Waals surface area contributed by atoms with Gasteiger partial charge >= 0.3 is 0 Å². The van der Waals surface area contributed by atoms with Gasteiger partial charge in [0.25, 0.3) is 0 Å². The lowest BCUT2D eigenvalue weighted by Gasteiger charge is -1.89. The van der Waals surface area contributed by atoms with Crippen molar-refractivity contribution in [3.8, 4) is 0 Å². The molecule has 0 spiro atoms. The molecule has 0 bridgehead atoms. The predicted octanol–water partition coefficient (Wildman–Crippen LogP) is 3.57. The fourth-order valence-electron chi connectivity index (χ4n) is 1.28. The van der Waals surface area contributed by atoms with Gasteiger partial charge in [-0.3, -0.25) is 9.98 Å². The zero-order chi connectivity index (χ0) is 9.26. The van der Waals surface area contributed by atoms with Crippen LogP contribution in [0.25, 0.3) is 10.1 Å². The number of aliphatic imine (C=N–C) groups is 2. The molecule has 0 radical (unpaired) electrons. The van der Waals surface area contributed by atoms with Gasteiger partial charge in [-0.25, -0.2) is 0 Å². The van der Waals surface area contributed by atoms with E-state index in [0.29, 0.717) is 0 Å². The molecule has 0 aliphatic heterocycles. The van der Waals surface area contributed by atoms with Crippen molar-refractivity contribution in [2.24, 2.45) is 9.98 Å². The second-order valence-electron chi connectivity index (χ2n) is 2.57. The van der Waals surface area contributed by atoms with E-state index in [1.54, 1.807) is 11.3 Å². The lowest BCUT2D eigenvalue weighted by Crippen LogP contribution is -1.61. The molecule has 2 nitrogen and oxygen atoms in total. The molecular weight excluding hydrogens is 180 g/mol. The van der Waals surface area contributed by atoms with E-state index in [0.717, 1.165) is 16.1 Å². The molecule has 2 rings (SSSR count). The summed E-state index contributed by atoms with van der Waals surface area (Å²) >= 11 is 1.59. The highest BCUT2D eigenvalue weighted by atomic mass is 32.1. The van der Waals surface area contributed by atoms with Crippen molar-refractivity contribution in [1.29, 1.82) is 0 Å². The van der Waals surface area contributed by atoms with Crippen molar-refractivity contribution < 1.29 is 0 Å². The predicted molar refractivity (Wildman–Crippen MR) is 60.2 cm³/mol. The Morgan fingerprint density at radius 2 is 1.85 bits per heavy atom. The molecular formula is C10H8N2S. The van der Waals surface area contributed by atoms with Crippen molar-refractivity contribution in [1.82, 2.24) is 0 Å². The topological polar surface area (TPSA) is 24.7 Å². The van der Waals surface area contributed by atoms with E-state index >= 15 is 0 Å². The first-order valence-electron chi connectivity index (χ1n) is 3.82. The Labute approximate surface area is 80.3 Å². The fourth-order valence-corrected chi connectivity index (χ4v) is 2.24. The minimum Gasteiger partial charge on any atom is -0.261 e. The average Bonchev–Trinajstić information content (AvgIpc) is 2.55. The fraction of sp³-hybridized carbons (Fsp3) is 0. The Balaban J connectivity index is 2.88. The molecule has 0 N–H and O–H groups in total. The monoisotopic (exact) mass is 188 g/mol. The van der Waals surface area contributed by atoms with E-state index in [9.17, 15) is 0 Å². The Hall–Kier alpha value is -1.48. The lowest BCUT2D eigenvalue weighted by molar-refractivity contribution is 1.58. The maximum atomic E-state index is 3.96. The molecule has 0 aliphatic carbocycles. The summed E-state index contributed by atoms with van der Waals surface area (Å²) in [6, 6.07) is 8.04. The first-order chi connectivity index (χ1) is 6.36. The summed E-state index contributed by atoms with van der Waals surface area (Å²) in [5.41, 5.74) is 0.843. The summed E-state index contributed by atoms with van der Waals surface area (Å²) < 4.78 is 1.17. The van der Waals surface area contributed by atoms with Crippen molar-refractivity contribution in [2.45, 2.75) is 0 Å². The summed E-state index contributed by atoms with van der Waals surface area (Å²) in [4.78, 5) is 7.87. The second kappa shape index (κ2) is 3.11. The van der Waals surface area contributed by atoms with E-state index in [4.69, 9.17) is 0 Å². The first-order valence-corrected chi connectivity index (χ1v) is 4.63. The Kier molecular flexibility index (Phi) is 1.94. The molecule has 0 atom stereocenters. The number of hydrogen-bond donors (Lipinski definition) is 0. The van der Waals surface area contributed by atoms with Gasteiger partial charge in [0.15, 0.2) is 0 Å². The van der Waals surface area contributed by atoms with Gasteiger partial charge in [-0.15, -0.1) is 11.3 Å². The third kappa shape index (κ3) is 1.17. The third-order valence-corrected chi connectivity index (χ3v) is 2.94. The van der Waals surface area contributed by atoms with E-state index < -0.39 is 0 Å². The van der Waals surface area contributed by atoms with Crippen LogP contribution in [0, 0.1) is 0 Å². The summed E-state index contributed by atoms with van der Waals surface area (Å²) in [5, 5.41) is 1.95. The van der Waals surface area contributed by atoms with E-state index in [2.05, 4.69) is 23.4 Å². The molecule has 64 valence electrons. The van der Waals surface area contributed by atoms with Gasteiger partial charge in [-0.05, 0) is 19.5 Å². The zero-order valence-corrected chi connectivity index (χ0v) is 7.84. The summed E-state index contributed by atoms with van der Waals surface area (Å²) in [6.45, 7) is 7.04. The van der Waals surface area contributed by atoms with Crippen molar-refractivity contribution in [3.63, 3.8) is 0 Å². The molecule has 1 heterocycles. The van der Waals surface area contributed by atoms with Gasteiger partial charge in [0.05, 0.1) is 0 Å². The average molecular weight is 188 g/mol. The number of thiophene rings is 1. The van der Waals surface area contributed by atoms with Crippen molar-refractivity contribution >= 4 is 45.5 Å². The molecule has 0 fully saturated rings. The molecule has 1 aromatic carbocycles. The number of rotatable bonds is 2. The van der Waals surface area contributed by atoms with Gasteiger partial charge in [-0.2, -0.15) is 0 Å². The van der Waals surface area contributed by atoms with Crippen LogP contribution < -0.4 is 0 Å². The first kappa shape index (κ1) is 8.13. The maximum Gasteiger partial charge on any atom is 0.142 e. The normalized spacial score (nSPS) is 10.2. The van der Waals surface area contributed by atoms with Crippen LogP contribution in [0.5, 0.6) is 0 Å². The molecule has 0 saturated carbocycles. The number of fused-ring (bicyclic) bond motifs is 1. The highest BCUT2D eigenvalue weighted by molar-refractivity contribution is 7.23. The van der Waals surface area contributed by atoms with Crippen LogP contribution in [0.3, 0.4) is 0 Å². The van der Waals surface area contributed by atoms with Crippen LogP contribution in [-0.2, 0) is 0 Å². The Morgan fingerprint density at radius 3 is 2.54 bits per heavy atom. The van der Waals surface area contributed by atoms with Crippen LogP contribution in [0.15, 0.2) is 34.3 Å². The van der Waals surface area contributed by atoms with Gasteiger partial charge in [-0.1, -0.05) is 18.2 Å². The molecule has 1 aromatic heterocycles. The number of hydrogen-bond acceptors (Lipinski definition) is 3. The Bertz CT molecular complexity index is 471. The molecule has 3 heteroatoms.